The molecular formula is H6AlCrNaOSi. The van der Waals surface area contributed by atoms with Gasteiger partial charge in [-0.1, -0.05) is 0 Å². The minimum atomic E-state index is 0. The van der Waals surface area contributed by atoms with Crippen molar-refractivity contribution in [2.45, 2.75) is 0 Å². The Morgan fingerprint density at radius 2 is 1.20 bits per heavy atom. The van der Waals surface area contributed by atoms with Crippen molar-refractivity contribution in [2.24, 2.45) is 0 Å². The van der Waals surface area contributed by atoms with Crippen molar-refractivity contribution in [3.05, 3.63) is 0 Å². The van der Waals surface area contributed by atoms with E-state index in [2.05, 4.69) is 0 Å². The molecule has 0 atom stereocenters. The van der Waals surface area contributed by atoms with Crippen LogP contribution in [0.3, 0.4) is 0 Å². The Kier molecular flexibility index (Phi) is 200. The van der Waals surface area contributed by atoms with Crippen molar-refractivity contribution < 1.29 is 21.8 Å². The molecule has 1 nitrogen and oxygen atoms in total. The van der Waals surface area contributed by atoms with Gasteiger partial charge in [-0.25, -0.2) is 0 Å². The van der Waals surface area contributed by atoms with Crippen LogP contribution in [-0.4, -0.2) is 57.0 Å². The molecule has 0 amide bonds. The van der Waals surface area contributed by atoms with E-state index in [1.165, 1.54) is 0 Å². The fourth-order valence-corrected chi connectivity index (χ4v) is 0. The van der Waals surface area contributed by atoms with Gasteiger partial charge in [-0.3, -0.25) is 0 Å². The quantitative estimate of drug-likeness (QED) is 0.341. The summed E-state index contributed by atoms with van der Waals surface area (Å²) in [7, 11) is 0.611. The van der Waals surface area contributed by atoms with Crippen LogP contribution in [0.4, 0.5) is 0 Å². The van der Waals surface area contributed by atoms with Crippen molar-refractivity contribution in [1.82, 2.24) is 0 Å². The predicted molar refractivity (Wildman–Crippen MR) is 26.3 cm³/mol. The summed E-state index contributed by atoms with van der Waals surface area (Å²) < 4.78 is 8.28. The fraction of sp³-hybridized carbons (Fsp3) is 0. The molecule has 0 heterocycles. The molecule has 0 fully saturated rings. The molecule has 0 rings (SSSR count). The first-order valence-corrected chi connectivity index (χ1v) is 0.866. The van der Waals surface area contributed by atoms with E-state index in [9.17, 15) is 0 Å². The average molecular weight is 152 g/mol. The summed E-state index contributed by atoms with van der Waals surface area (Å²) >= 11 is 0. The van der Waals surface area contributed by atoms with Gasteiger partial charge >= 0.3 is 29.6 Å². The van der Waals surface area contributed by atoms with E-state index >= 15 is 0 Å². The van der Waals surface area contributed by atoms with Gasteiger partial charge in [0.25, 0.3) is 0 Å². The Morgan fingerprint density at radius 1 is 1.20 bits per heavy atom. The molecule has 0 aliphatic carbocycles. The van der Waals surface area contributed by atoms with E-state index in [0.717, 1.165) is 0 Å². The molecule has 0 unspecified atom stereocenters. The third-order valence-electron chi connectivity index (χ3n) is 0. The number of hydrogen-bond acceptors (Lipinski definition) is 1. The summed E-state index contributed by atoms with van der Waals surface area (Å²) in [5.74, 6) is 0. The molecule has 0 saturated carbocycles. The number of hydrogen-bond donors (Lipinski definition) is 0. The Labute approximate surface area is 77.9 Å². The van der Waals surface area contributed by atoms with Crippen molar-refractivity contribution in [3.63, 3.8) is 0 Å². The summed E-state index contributed by atoms with van der Waals surface area (Å²) in [5, 5.41) is 0. The van der Waals surface area contributed by atoms with Gasteiger partial charge in [0.2, 0.25) is 10.1 Å². The van der Waals surface area contributed by atoms with E-state index in [1.54, 1.807) is 0 Å². The predicted octanol–water partition coefficient (Wildman–Crippen LogP) is -2.87. The second-order valence-corrected chi connectivity index (χ2v) is 0. The standard InChI is InChI=1S/Al.Cr.Na.H2OSi.4H/c;;;1-2;;;;/h;;;2H2;;;;. The van der Waals surface area contributed by atoms with Crippen molar-refractivity contribution in [1.29, 1.82) is 0 Å². The SMILES string of the molecule is O=[SiH2].[AlH3].[Cr].[NaH]. The molecule has 0 aromatic carbocycles. The molecule has 0 N–H and O–H groups in total. The summed E-state index contributed by atoms with van der Waals surface area (Å²) in [4.78, 5) is 0. The first kappa shape index (κ1) is 27.6. The molecule has 0 bridgehead atoms. The first-order chi connectivity index (χ1) is 1.00. The second-order valence-electron chi connectivity index (χ2n) is 0. The first-order valence-electron chi connectivity index (χ1n) is 0.289. The van der Waals surface area contributed by atoms with E-state index in [-0.39, 0.29) is 64.3 Å². The van der Waals surface area contributed by atoms with Crippen molar-refractivity contribution in [3.8, 4) is 0 Å². The van der Waals surface area contributed by atoms with Gasteiger partial charge in [-0.15, -0.1) is 0 Å². The third kappa shape index (κ3) is 23.4. The van der Waals surface area contributed by atoms with Crippen LogP contribution in [-0.2, 0) is 21.8 Å². The van der Waals surface area contributed by atoms with Gasteiger partial charge in [-0.05, 0) is 0 Å². The molecule has 0 aromatic heterocycles. The molecule has 0 aromatic rings. The zero-order valence-corrected chi connectivity index (χ0v) is 4.21. The third-order valence-corrected chi connectivity index (χ3v) is 0. The number of rotatable bonds is 0. The van der Waals surface area contributed by atoms with Crippen LogP contribution in [0.15, 0.2) is 0 Å². The van der Waals surface area contributed by atoms with E-state index in [1.807, 2.05) is 0 Å². The summed E-state index contributed by atoms with van der Waals surface area (Å²) in [6.07, 6.45) is 0. The van der Waals surface area contributed by atoms with Gasteiger partial charge in [0, 0.05) is 17.4 Å². The van der Waals surface area contributed by atoms with Crippen molar-refractivity contribution in [2.75, 3.05) is 0 Å². The second kappa shape index (κ2) is 36.2. The molecular weight excluding hydrogens is 146 g/mol. The maximum absolute atomic E-state index is 8.28. The van der Waals surface area contributed by atoms with E-state index in [0.29, 0.717) is 10.1 Å². The molecule has 0 aliphatic rings. The summed E-state index contributed by atoms with van der Waals surface area (Å²) in [5.41, 5.74) is 0. The van der Waals surface area contributed by atoms with Crippen molar-refractivity contribution >= 4 is 57.0 Å². The van der Waals surface area contributed by atoms with E-state index in [4.69, 9.17) is 4.46 Å². The topological polar surface area (TPSA) is 17.1 Å². The maximum atomic E-state index is 8.28. The fourth-order valence-electron chi connectivity index (χ4n) is 0. The van der Waals surface area contributed by atoms with E-state index < -0.39 is 0 Å². The Hall–Kier alpha value is 2.08. The zero-order valence-electron chi connectivity index (χ0n) is 1.52. The normalized spacial score (nSPS) is 0.800. The van der Waals surface area contributed by atoms with Crippen LogP contribution in [0.1, 0.15) is 0 Å². The van der Waals surface area contributed by atoms with Gasteiger partial charge in [0.15, 0.2) is 17.4 Å². The molecule has 5 heavy (non-hydrogen) atoms. The minimum absolute atomic E-state index is 0. The molecule has 0 radical (unpaired) electrons. The molecule has 0 saturated heterocycles. The van der Waals surface area contributed by atoms with Crippen LogP contribution in [0, 0.1) is 0 Å². The van der Waals surface area contributed by atoms with Gasteiger partial charge in [0.05, 0.1) is 0 Å². The average Bonchev–Trinajstić information content (AvgIpc) is 1.00. The van der Waals surface area contributed by atoms with Gasteiger partial charge in [0.1, 0.15) is 0 Å². The zero-order chi connectivity index (χ0) is 2.00. The van der Waals surface area contributed by atoms with Crippen LogP contribution in [0.5, 0.6) is 0 Å². The Balaban J connectivity index is -0.00000000167. The van der Waals surface area contributed by atoms with Crippen LogP contribution >= 0.6 is 0 Å². The van der Waals surface area contributed by atoms with Gasteiger partial charge in [-0.2, -0.15) is 0 Å². The molecule has 0 spiro atoms. The Bertz CT molecular complexity index is 11.6. The summed E-state index contributed by atoms with van der Waals surface area (Å²) in [6, 6.07) is 0. The monoisotopic (exact) mass is 152 g/mol. The molecule has 0 aliphatic heterocycles. The molecule has 5 heteroatoms. The summed E-state index contributed by atoms with van der Waals surface area (Å²) in [6.45, 7) is 0. The van der Waals surface area contributed by atoms with Crippen LogP contribution in [0.2, 0.25) is 0 Å². The van der Waals surface area contributed by atoms with Crippen LogP contribution < -0.4 is 0 Å². The van der Waals surface area contributed by atoms with Gasteiger partial charge < -0.3 is 4.46 Å². The Morgan fingerprint density at radius 3 is 1.20 bits per heavy atom. The van der Waals surface area contributed by atoms with Crippen LogP contribution in [0.25, 0.3) is 0 Å². The molecule has 26 valence electrons.